The second kappa shape index (κ2) is 12.8. The number of methoxy groups -OCH3 is 2. The molecule has 218 valence electrons. The van der Waals surface area contributed by atoms with Crippen LogP contribution in [0.2, 0.25) is 0 Å². The lowest BCUT2D eigenvalue weighted by molar-refractivity contribution is 0.102. The van der Waals surface area contributed by atoms with Crippen LogP contribution in [0.25, 0.3) is 0 Å². The molecule has 10 heteroatoms. The van der Waals surface area contributed by atoms with Crippen LogP contribution >= 0.6 is 0 Å². The number of ether oxygens (including phenoxy) is 2. The summed E-state index contributed by atoms with van der Waals surface area (Å²) >= 11 is 0. The number of aromatic nitrogens is 2. The molecular formula is C32H37N7O3. The van der Waals surface area contributed by atoms with Gasteiger partial charge in [-0.2, -0.15) is 4.98 Å². The SMILES string of the molecule is COc1ccc(Nc2nc(Nc3ccc(N4CCN(C)CC4)cc3)ncc2C(=O)Nc2c(C)cccc2C)c(OC)c1. The van der Waals surface area contributed by atoms with Gasteiger partial charge in [0.15, 0.2) is 0 Å². The Kier molecular flexibility index (Phi) is 8.73. The molecule has 0 saturated carbocycles. The molecule has 1 aromatic heterocycles. The van der Waals surface area contributed by atoms with Gasteiger partial charge in [-0.15, -0.1) is 0 Å². The summed E-state index contributed by atoms with van der Waals surface area (Å²) in [5.41, 5.74) is 5.63. The minimum Gasteiger partial charge on any atom is -0.497 e. The topological polar surface area (TPSA) is 104 Å². The van der Waals surface area contributed by atoms with E-state index in [1.807, 2.05) is 56.3 Å². The molecule has 3 N–H and O–H groups in total. The summed E-state index contributed by atoms with van der Waals surface area (Å²) < 4.78 is 10.9. The fourth-order valence-electron chi connectivity index (χ4n) is 4.87. The number of para-hydroxylation sites is 1. The monoisotopic (exact) mass is 567 g/mol. The van der Waals surface area contributed by atoms with Crippen LogP contribution in [0, 0.1) is 13.8 Å². The van der Waals surface area contributed by atoms with E-state index in [-0.39, 0.29) is 11.5 Å². The zero-order chi connectivity index (χ0) is 29.6. The van der Waals surface area contributed by atoms with Crippen molar-refractivity contribution in [3.05, 3.63) is 83.6 Å². The summed E-state index contributed by atoms with van der Waals surface area (Å²) in [5, 5.41) is 9.59. The van der Waals surface area contributed by atoms with Crippen LogP contribution in [-0.4, -0.2) is 68.2 Å². The van der Waals surface area contributed by atoms with Crippen LogP contribution in [0.15, 0.2) is 66.9 Å². The van der Waals surface area contributed by atoms with Gasteiger partial charge in [-0.05, 0) is 68.4 Å². The lowest BCUT2D eigenvalue weighted by Crippen LogP contribution is -2.44. The highest BCUT2D eigenvalue weighted by Crippen LogP contribution is 2.33. The Hall–Kier alpha value is -4.83. The molecule has 3 aromatic carbocycles. The largest absolute Gasteiger partial charge is 0.497 e. The number of amides is 1. The first-order chi connectivity index (χ1) is 20.3. The molecule has 0 aliphatic carbocycles. The van der Waals surface area contributed by atoms with E-state index in [0.717, 1.165) is 48.7 Å². The third-order valence-electron chi connectivity index (χ3n) is 7.41. The van der Waals surface area contributed by atoms with E-state index in [1.54, 1.807) is 20.3 Å². The van der Waals surface area contributed by atoms with Crippen LogP contribution in [0.4, 0.5) is 34.5 Å². The summed E-state index contributed by atoms with van der Waals surface area (Å²) in [6, 6.07) is 19.5. The summed E-state index contributed by atoms with van der Waals surface area (Å²) in [6.07, 6.45) is 1.52. The van der Waals surface area contributed by atoms with Crippen molar-refractivity contribution in [2.75, 3.05) is 68.3 Å². The molecule has 0 bridgehead atoms. The molecule has 1 aliphatic heterocycles. The molecule has 1 fully saturated rings. The molecular weight excluding hydrogens is 530 g/mol. The summed E-state index contributed by atoms with van der Waals surface area (Å²) in [5.74, 6) is 1.54. The van der Waals surface area contributed by atoms with Gasteiger partial charge in [-0.3, -0.25) is 4.79 Å². The first-order valence-electron chi connectivity index (χ1n) is 13.9. The maximum absolute atomic E-state index is 13.6. The first kappa shape index (κ1) is 28.7. The minimum atomic E-state index is -0.328. The molecule has 0 atom stereocenters. The fraction of sp³-hybridized carbons (Fsp3) is 0.281. The fourth-order valence-corrected chi connectivity index (χ4v) is 4.87. The Morgan fingerprint density at radius 2 is 1.60 bits per heavy atom. The van der Waals surface area contributed by atoms with Gasteiger partial charge >= 0.3 is 0 Å². The zero-order valence-electron chi connectivity index (χ0n) is 24.7. The van der Waals surface area contributed by atoms with Gasteiger partial charge < -0.3 is 35.2 Å². The number of carbonyl (C=O) groups excluding carboxylic acids is 1. The van der Waals surface area contributed by atoms with E-state index in [4.69, 9.17) is 14.5 Å². The standard InChI is InChI=1S/C32H37N7O3/c1-21-7-6-8-22(2)29(21)36-31(40)26-20-33-32(37-30(26)35-27-14-13-25(41-4)19-28(27)42-5)34-23-9-11-24(12-10-23)39-17-15-38(3)16-18-39/h6-14,19-20H,15-18H2,1-5H3,(H,36,40)(H2,33,34,35,37). The molecule has 1 saturated heterocycles. The van der Waals surface area contributed by atoms with Crippen molar-refractivity contribution in [2.45, 2.75) is 13.8 Å². The maximum atomic E-state index is 13.6. The van der Waals surface area contributed by atoms with Crippen LogP contribution in [0.5, 0.6) is 11.5 Å². The third-order valence-corrected chi connectivity index (χ3v) is 7.41. The molecule has 0 radical (unpaired) electrons. The summed E-state index contributed by atoms with van der Waals surface area (Å²) in [6.45, 7) is 8.02. The third kappa shape index (κ3) is 6.55. The van der Waals surface area contributed by atoms with Crippen molar-refractivity contribution < 1.29 is 14.3 Å². The number of aryl methyl sites for hydroxylation is 2. The van der Waals surface area contributed by atoms with E-state index < -0.39 is 0 Å². The van der Waals surface area contributed by atoms with E-state index in [0.29, 0.717) is 29.0 Å². The molecule has 5 rings (SSSR count). The van der Waals surface area contributed by atoms with Gasteiger partial charge in [0, 0.05) is 55.5 Å². The van der Waals surface area contributed by atoms with Gasteiger partial charge in [0.25, 0.3) is 5.91 Å². The van der Waals surface area contributed by atoms with E-state index >= 15 is 0 Å². The number of nitrogens with zero attached hydrogens (tertiary/aromatic N) is 4. The molecule has 0 unspecified atom stereocenters. The predicted molar refractivity (Wildman–Crippen MR) is 168 cm³/mol. The van der Waals surface area contributed by atoms with Gasteiger partial charge in [0.1, 0.15) is 22.9 Å². The lowest BCUT2D eigenvalue weighted by atomic mass is 10.1. The second-order valence-electron chi connectivity index (χ2n) is 10.3. The summed E-state index contributed by atoms with van der Waals surface area (Å²) in [7, 11) is 5.32. The quantitative estimate of drug-likeness (QED) is 0.238. The van der Waals surface area contributed by atoms with Crippen LogP contribution < -0.4 is 30.3 Å². The Bertz CT molecular complexity index is 1530. The molecule has 42 heavy (non-hydrogen) atoms. The van der Waals surface area contributed by atoms with Gasteiger partial charge in [-0.1, -0.05) is 18.2 Å². The molecule has 1 amide bonds. The molecule has 4 aromatic rings. The van der Waals surface area contributed by atoms with Gasteiger partial charge in [-0.25, -0.2) is 4.98 Å². The summed E-state index contributed by atoms with van der Waals surface area (Å²) in [4.78, 5) is 27.5. The molecule has 0 spiro atoms. The molecule has 2 heterocycles. The number of benzene rings is 3. The Labute approximate surface area is 246 Å². The Morgan fingerprint density at radius 1 is 0.881 bits per heavy atom. The van der Waals surface area contributed by atoms with Gasteiger partial charge in [0.2, 0.25) is 5.95 Å². The van der Waals surface area contributed by atoms with Crippen molar-refractivity contribution in [1.29, 1.82) is 0 Å². The average molecular weight is 568 g/mol. The molecule has 1 aliphatic rings. The minimum absolute atomic E-state index is 0.284. The number of nitrogens with one attached hydrogen (secondary N) is 3. The van der Waals surface area contributed by atoms with E-state index in [2.05, 4.69) is 49.9 Å². The number of hydrogen-bond donors (Lipinski definition) is 3. The Balaban J connectivity index is 1.43. The van der Waals surface area contributed by atoms with Crippen molar-refractivity contribution in [1.82, 2.24) is 14.9 Å². The molecule has 10 nitrogen and oxygen atoms in total. The highest BCUT2D eigenvalue weighted by atomic mass is 16.5. The zero-order valence-corrected chi connectivity index (χ0v) is 24.7. The van der Waals surface area contributed by atoms with Crippen molar-refractivity contribution >= 4 is 40.4 Å². The van der Waals surface area contributed by atoms with Crippen LogP contribution in [-0.2, 0) is 0 Å². The number of anilines is 6. The normalized spacial score (nSPS) is 13.4. The number of hydrogen-bond acceptors (Lipinski definition) is 9. The van der Waals surface area contributed by atoms with Crippen molar-refractivity contribution in [3.8, 4) is 11.5 Å². The highest BCUT2D eigenvalue weighted by molar-refractivity contribution is 6.08. The predicted octanol–water partition coefficient (Wildman–Crippen LogP) is 5.60. The van der Waals surface area contributed by atoms with Crippen LogP contribution in [0.3, 0.4) is 0 Å². The van der Waals surface area contributed by atoms with Gasteiger partial charge in [0.05, 0.1) is 19.9 Å². The van der Waals surface area contributed by atoms with Crippen molar-refractivity contribution in [2.24, 2.45) is 0 Å². The first-order valence-corrected chi connectivity index (χ1v) is 13.9. The number of likely N-dealkylation sites (N-methyl/N-ethyl adjacent to an activating group) is 1. The van der Waals surface area contributed by atoms with Crippen LogP contribution in [0.1, 0.15) is 21.5 Å². The van der Waals surface area contributed by atoms with E-state index in [9.17, 15) is 4.79 Å². The van der Waals surface area contributed by atoms with Crippen molar-refractivity contribution in [3.63, 3.8) is 0 Å². The lowest BCUT2D eigenvalue weighted by Gasteiger charge is -2.34. The smallest absolute Gasteiger partial charge is 0.261 e. The highest BCUT2D eigenvalue weighted by Gasteiger charge is 2.19. The Morgan fingerprint density at radius 3 is 2.26 bits per heavy atom. The maximum Gasteiger partial charge on any atom is 0.261 e. The number of carbonyl (C=O) groups is 1. The number of piperazine rings is 1. The van der Waals surface area contributed by atoms with E-state index in [1.165, 1.54) is 11.9 Å². The number of rotatable bonds is 9. The second-order valence-corrected chi connectivity index (χ2v) is 10.3. The average Bonchev–Trinajstić information content (AvgIpc) is 3.00.